The molecule has 0 radical (unpaired) electrons. The van der Waals surface area contributed by atoms with Crippen molar-refractivity contribution in [3.63, 3.8) is 0 Å². The summed E-state index contributed by atoms with van der Waals surface area (Å²) in [6, 6.07) is 12.2. The average Bonchev–Trinajstić information content (AvgIpc) is 3.10. The van der Waals surface area contributed by atoms with Crippen LogP contribution in [-0.2, 0) is 10.0 Å². The number of aliphatic hydroxyl groups excluding tert-OH is 1. The minimum Gasteiger partial charge on any atom is -0.486 e. The quantitative estimate of drug-likeness (QED) is 0.699. The second kappa shape index (κ2) is 6.88. The number of benzene rings is 2. The summed E-state index contributed by atoms with van der Waals surface area (Å²) < 4.78 is 39.4. The molecule has 0 unspecified atom stereocenters. The lowest BCUT2D eigenvalue weighted by Gasteiger charge is -2.19. The highest BCUT2D eigenvalue weighted by Gasteiger charge is 2.21. The highest BCUT2D eigenvalue weighted by molar-refractivity contribution is 7.89. The fourth-order valence-corrected chi connectivity index (χ4v) is 4.89. The molecule has 0 fully saturated rings. The van der Waals surface area contributed by atoms with Gasteiger partial charge in [0.05, 0.1) is 11.0 Å². The Hall–Kier alpha value is -2.13. The van der Waals surface area contributed by atoms with Crippen LogP contribution in [0, 0.1) is 0 Å². The maximum atomic E-state index is 12.5. The SMILES string of the molecule is O=S(=O)(NC[C@H](O)c1csc2ccccc12)c1ccc2c(c1)OCCO2. The predicted molar refractivity (Wildman–Crippen MR) is 99.4 cm³/mol. The molecule has 0 saturated heterocycles. The lowest BCUT2D eigenvalue weighted by atomic mass is 10.1. The molecule has 0 spiro atoms. The summed E-state index contributed by atoms with van der Waals surface area (Å²) in [6.07, 6.45) is -0.932. The Morgan fingerprint density at radius 3 is 2.73 bits per heavy atom. The van der Waals surface area contributed by atoms with E-state index in [1.807, 2.05) is 29.6 Å². The van der Waals surface area contributed by atoms with Crippen LogP contribution < -0.4 is 14.2 Å². The molecule has 0 bridgehead atoms. The zero-order valence-electron chi connectivity index (χ0n) is 13.7. The van der Waals surface area contributed by atoms with Gasteiger partial charge in [-0.1, -0.05) is 18.2 Å². The number of ether oxygens (including phenoxy) is 2. The summed E-state index contributed by atoms with van der Waals surface area (Å²) in [6.45, 7) is 0.712. The first-order valence-electron chi connectivity index (χ1n) is 8.08. The van der Waals surface area contributed by atoms with Gasteiger partial charge < -0.3 is 14.6 Å². The summed E-state index contributed by atoms with van der Waals surface area (Å²) in [5.74, 6) is 0.934. The molecular formula is C18H17NO5S2. The zero-order chi connectivity index (χ0) is 18.1. The van der Waals surface area contributed by atoms with Crippen LogP contribution in [0.15, 0.2) is 52.7 Å². The molecule has 6 nitrogen and oxygen atoms in total. The summed E-state index contributed by atoms with van der Waals surface area (Å²) in [5.41, 5.74) is 0.718. The summed E-state index contributed by atoms with van der Waals surface area (Å²) in [5, 5.41) is 13.2. The Labute approximate surface area is 155 Å². The van der Waals surface area contributed by atoms with Crippen molar-refractivity contribution < 1.29 is 23.0 Å². The minimum absolute atomic E-state index is 0.0733. The molecule has 1 aliphatic heterocycles. The van der Waals surface area contributed by atoms with Crippen LogP contribution >= 0.6 is 11.3 Å². The molecule has 0 aliphatic carbocycles. The van der Waals surface area contributed by atoms with E-state index >= 15 is 0 Å². The number of fused-ring (bicyclic) bond motifs is 2. The van der Waals surface area contributed by atoms with Crippen LogP contribution in [0.4, 0.5) is 0 Å². The Morgan fingerprint density at radius 2 is 1.88 bits per heavy atom. The monoisotopic (exact) mass is 391 g/mol. The van der Waals surface area contributed by atoms with Crippen molar-refractivity contribution in [2.24, 2.45) is 0 Å². The fraction of sp³-hybridized carbons (Fsp3) is 0.222. The molecule has 2 heterocycles. The van der Waals surface area contributed by atoms with E-state index in [1.54, 1.807) is 6.07 Å². The molecular weight excluding hydrogens is 374 g/mol. The first-order chi connectivity index (χ1) is 12.5. The van der Waals surface area contributed by atoms with Crippen molar-refractivity contribution in [2.45, 2.75) is 11.0 Å². The molecule has 1 aromatic heterocycles. The Bertz CT molecular complexity index is 1040. The van der Waals surface area contributed by atoms with Crippen LogP contribution in [0.2, 0.25) is 0 Å². The lowest BCUT2D eigenvalue weighted by Crippen LogP contribution is -2.28. The molecule has 136 valence electrons. The van der Waals surface area contributed by atoms with E-state index in [2.05, 4.69) is 4.72 Å². The number of rotatable bonds is 5. The predicted octanol–water partition coefficient (Wildman–Crippen LogP) is 2.68. The first kappa shape index (κ1) is 17.3. The molecule has 0 amide bonds. The second-order valence-corrected chi connectivity index (χ2v) is 8.54. The van der Waals surface area contributed by atoms with Gasteiger partial charge in [-0.3, -0.25) is 0 Å². The smallest absolute Gasteiger partial charge is 0.240 e. The highest BCUT2D eigenvalue weighted by Crippen LogP contribution is 2.33. The maximum absolute atomic E-state index is 12.5. The van der Waals surface area contributed by atoms with Crippen LogP contribution in [0.25, 0.3) is 10.1 Å². The molecule has 3 aromatic rings. The minimum atomic E-state index is -3.78. The van der Waals surface area contributed by atoms with E-state index in [1.165, 1.54) is 23.5 Å². The van der Waals surface area contributed by atoms with Gasteiger partial charge in [-0.05, 0) is 29.0 Å². The summed E-state index contributed by atoms with van der Waals surface area (Å²) >= 11 is 1.52. The standard InChI is InChI=1S/C18H17NO5S2/c20-15(14-11-25-18-4-2-1-3-13(14)18)10-19-26(21,22)12-5-6-16-17(9-12)24-8-7-23-16/h1-6,9,11,15,19-20H,7-8,10H2/t15-/m0/s1. The van der Waals surface area contributed by atoms with Gasteiger partial charge >= 0.3 is 0 Å². The van der Waals surface area contributed by atoms with Gasteiger partial charge in [-0.25, -0.2) is 13.1 Å². The second-order valence-electron chi connectivity index (χ2n) is 5.86. The van der Waals surface area contributed by atoms with E-state index in [0.717, 1.165) is 15.6 Å². The molecule has 2 aromatic carbocycles. The van der Waals surface area contributed by atoms with Crippen molar-refractivity contribution in [3.05, 3.63) is 53.4 Å². The van der Waals surface area contributed by atoms with Gasteiger partial charge in [0.1, 0.15) is 13.2 Å². The molecule has 26 heavy (non-hydrogen) atoms. The van der Waals surface area contributed by atoms with Gasteiger partial charge in [0.15, 0.2) is 11.5 Å². The Kier molecular flexibility index (Phi) is 4.58. The van der Waals surface area contributed by atoms with Gasteiger partial charge in [0.25, 0.3) is 0 Å². The molecule has 2 N–H and O–H groups in total. The summed E-state index contributed by atoms with van der Waals surface area (Å²) in [7, 11) is -3.78. The number of hydrogen-bond donors (Lipinski definition) is 2. The third-order valence-corrected chi connectivity index (χ3v) is 6.56. The highest BCUT2D eigenvalue weighted by atomic mass is 32.2. The zero-order valence-corrected chi connectivity index (χ0v) is 15.3. The fourth-order valence-electron chi connectivity index (χ4n) is 2.83. The first-order valence-corrected chi connectivity index (χ1v) is 10.4. The molecule has 0 saturated carbocycles. The third kappa shape index (κ3) is 3.28. The van der Waals surface area contributed by atoms with Crippen LogP contribution in [-0.4, -0.2) is 33.3 Å². The maximum Gasteiger partial charge on any atom is 0.240 e. The molecule has 1 atom stereocenters. The van der Waals surface area contributed by atoms with Crippen molar-refractivity contribution in [2.75, 3.05) is 19.8 Å². The molecule has 4 rings (SSSR count). The topological polar surface area (TPSA) is 84.9 Å². The third-order valence-electron chi connectivity index (χ3n) is 4.16. The van der Waals surface area contributed by atoms with E-state index in [9.17, 15) is 13.5 Å². The largest absolute Gasteiger partial charge is 0.486 e. The van der Waals surface area contributed by atoms with E-state index in [-0.39, 0.29) is 11.4 Å². The molecule has 8 heteroatoms. The van der Waals surface area contributed by atoms with E-state index in [4.69, 9.17) is 9.47 Å². The van der Waals surface area contributed by atoms with Crippen molar-refractivity contribution >= 4 is 31.4 Å². The van der Waals surface area contributed by atoms with Gasteiger partial charge in [-0.15, -0.1) is 11.3 Å². The normalized spacial score (nSPS) is 15.1. The van der Waals surface area contributed by atoms with E-state index in [0.29, 0.717) is 24.7 Å². The van der Waals surface area contributed by atoms with Crippen LogP contribution in [0.5, 0.6) is 11.5 Å². The van der Waals surface area contributed by atoms with Gasteiger partial charge in [0, 0.05) is 22.9 Å². The van der Waals surface area contributed by atoms with Crippen LogP contribution in [0.1, 0.15) is 11.7 Å². The number of aliphatic hydroxyl groups is 1. The van der Waals surface area contributed by atoms with Gasteiger partial charge in [-0.2, -0.15) is 0 Å². The molecule has 1 aliphatic rings. The van der Waals surface area contributed by atoms with Gasteiger partial charge in [0.2, 0.25) is 10.0 Å². The summed E-state index contributed by atoms with van der Waals surface area (Å²) in [4.78, 5) is 0.0733. The van der Waals surface area contributed by atoms with Crippen LogP contribution in [0.3, 0.4) is 0 Å². The average molecular weight is 391 g/mol. The number of hydrogen-bond acceptors (Lipinski definition) is 6. The Balaban J connectivity index is 1.51. The van der Waals surface area contributed by atoms with Crippen molar-refractivity contribution in [1.29, 1.82) is 0 Å². The van der Waals surface area contributed by atoms with E-state index < -0.39 is 16.1 Å². The Morgan fingerprint density at radius 1 is 1.12 bits per heavy atom. The van der Waals surface area contributed by atoms with Crippen molar-refractivity contribution in [1.82, 2.24) is 4.72 Å². The lowest BCUT2D eigenvalue weighted by molar-refractivity contribution is 0.171. The number of nitrogens with one attached hydrogen (secondary N) is 1. The number of sulfonamides is 1. The van der Waals surface area contributed by atoms with Crippen molar-refractivity contribution in [3.8, 4) is 11.5 Å². The number of thiophene rings is 1.